The van der Waals surface area contributed by atoms with Crippen molar-refractivity contribution in [2.45, 2.75) is 13.5 Å². The minimum atomic E-state index is -0.379. The van der Waals surface area contributed by atoms with Gasteiger partial charge in [0.1, 0.15) is 17.1 Å². The van der Waals surface area contributed by atoms with Gasteiger partial charge in [0.15, 0.2) is 0 Å². The van der Waals surface area contributed by atoms with Gasteiger partial charge in [0.25, 0.3) is 11.5 Å². The maximum atomic E-state index is 13.1. The zero-order chi connectivity index (χ0) is 23.5. The van der Waals surface area contributed by atoms with Crippen molar-refractivity contribution in [3.05, 3.63) is 80.1 Å². The van der Waals surface area contributed by atoms with Gasteiger partial charge in [0.05, 0.1) is 29.4 Å². The molecule has 0 aliphatic rings. The Balaban J connectivity index is 1.58. The highest BCUT2D eigenvalue weighted by molar-refractivity contribution is 9.10. The third-order valence-corrected chi connectivity index (χ3v) is 6.65. The Bertz CT molecular complexity index is 1410. The lowest BCUT2D eigenvalue weighted by atomic mass is 10.2. The van der Waals surface area contributed by atoms with E-state index in [4.69, 9.17) is 4.74 Å². The van der Waals surface area contributed by atoms with E-state index < -0.39 is 0 Å². The number of halogens is 1. The van der Waals surface area contributed by atoms with Crippen LogP contribution in [-0.4, -0.2) is 28.5 Å². The molecular formula is C23H19BrN4O4S. The minimum Gasteiger partial charge on any atom is -0.495 e. The van der Waals surface area contributed by atoms with Gasteiger partial charge in [-0.15, -0.1) is 11.3 Å². The van der Waals surface area contributed by atoms with E-state index >= 15 is 0 Å². The number of thiophene rings is 1. The monoisotopic (exact) mass is 526 g/mol. The van der Waals surface area contributed by atoms with Gasteiger partial charge < -0.3 is 15.4 Å². The van der Waals surface area contributed by atoms with Crippen LogP contribution in [0.4, 0.5) is 11.4 Å². The van der Waals surface area contributed by atoms with E-state index in [0.717, 1.165) is 15.8 Å². The highest BCUT2D eigenvalue weighted by Crippen LogP contribution is 2.29. The molecule has 0 spiro atoms. The number of nitrogens with one attached hydrogen (secondary N) is 2. The van der Waals surface area contributed by atoms with Crippen molar-refractivity contribution in [3.63, 3.8) is 0 Å². The second-order valence-corrected chi connectivity index (χ2v) is 9.04. The number of anilines is 2. The number of carbonyl (C=O) groups is 2. The van der Waals surface area contributed by atoms with E-state index in [-0.39, 0.29) is 23.9 Å². The fourth-order valence-electron chi connectivity index (χ4n) is 3.30. The van der Waals surface area contributed by atoms with E-state index in [2.05, 4.69) is 31.5 Å². The number of carbonyl (C=O) groups excluding carboxylic acids is 2. The first-order chi connectivity index (χ1) is 15.9. The van der Waals surface area contributed by atoms with Crippen molar-refractivity contribution in [2.75, 3.05) is 17.7 Å². The Morgan fingerprint density at radius 1 is 1.12 bits per heavy atom. The molecule has 0 atom stereocenters. The molecule has 10 heteroatoms. The first-order valence-corrected chi connectivity index (χ1v) is 11.5. The number of fused-ring (bicyclic) bond motifs is 1. The van der Waals surface area contributed by atoms with Gasteiger partial charge in [-0.25, -0.2) is 4.98 Å². The molecule has 0 saturated carbocycles. The number of rotatable bonds is 6. The standard InChI is InChI=1S/C23H19BrN4O4S/c1-13-19-22(33-20(13)21(30)27-16-5-3-4-6-17(16)32-2)25-12-28(23(19)31)11-18(29)26-15-9-7-14(24)8-10-15/h3-10,12H,11H2,1-2H3,(H,26,29)(H,27,30). The van der Waals surface area contributed by atoms with Gasteiger partial charge >= 0.3 is 0 Å². The maximum absolute atomic E-state index is 13.1. The van der Waals surface area contributed by atoms with Crippen LogP contribution in [0.1, 0.15) is 15.2 Å². The predicted molar refractivity (Wildman–Crippen MR) is 132 cm³/mol. The number of hydrogen-bond acceptors (Lipinski definition) is 6. The highest BCUT2D eigenvalue weighted by atomic mass is 79.9. The molecule has 4 rings (SSSR count). The van der Waals surface area contributed by atoms with Crippen LogP contribution in [0.15, 0.2) is 64.1 Å². The van der Waals surface area contributed by atoms with E-state index in [1.807, 2.05) is 12.1 Å². The lowest BCUT2D eigenvalue weighted by Gasteiger charge is -2.09. The summed E-state index contributed by atoms with van der Waals surface area (Å²) in [5.74, 6) is -0.191. The van der Waals surface area contributed by atoms with Crippen molar-refractivity contribution >= 4 is 60.7 Å². The summed E-state index contributed by atoms with van der Waals surface area (Å²) < 4.78 is 7.40. The average Bonchev–Trinajstić information content (AvgIpc) is 3.15. The van der Waals surface area contributed by atoms with Gasteiger partial charge in [-0.2, -0.15) is 0 Å². The smallest absolute Gasteiger partial charge is 0.266 e. The molecule has 0 aliphatic heterocycles. The van der Waals surface area contributed by atoms with Crippen LogP contribution in [0.2, 0.25) is 0 Å². The van der Waals surface area contributed by atoms with Gasteiger partial charge in [0.2, 0.25) is 5.91 Å². The largest absolute Gasteiger partial charge is 0.495 e. The van der Waals surface area contributed by atoms with Crippen molar-refractivity contribution in [1.29, 1.82) is 0 Å². The van der Waals surface area contributed by atoms with Crippen LogP contribution in [0, 0.1) is 6.92 Å². The summed E-state index contributed by atoms with van der Waals surface area (Å²) in [6.45, 7) is 1.50. The number of methoxy groups -OCH3 is 1. The molecule has 0 bridgehead atoms. The van der Waals surface area contributed by atoms with Crippen molar-refractivity contribution in [2.24, 2.45) is 0 Å². The van der Waals surface area contributed by atoms with Crippen LogP contribution < -0.4 is 20.9 Å². The number of para-hydroxylation sites is 2. The summed E-state index contributed by atoms with van der Waals surface area (Å²) >= 11 is 4.47. The molecule has 2 aromatic carbocycles. The maximum Gasteiger partial charge on any atom is 0.266 e. The molecule has 0 radical (unpaired) electrons. The second kappa shape index (κ2) is 9.55. The third-order valence-electron chi connectivity index (χ3n) is 4.92. The number of nitrogens with zero attached hydrogens (tertiary/aromatic N) is 2. The van der Waals surface area contributed by atoms with Crippen LogP contribution >= 0.6 is 27.3 Å². The van der Waals surface area contributed by atoms with Crippen LogP contribution in [0.3, 0.4) is 0 Å². The lowest BCUT2D eigenvalue weighted by Crippen LogP contribution is -2.27. The SMILES string of the molecule is COc1ccccc1NC(=O)c1sc2ncn(CC(=O)Nc3ccc(Br)cc3)c(=O)c2c1C. The predicted octanol–water partition coefficient (Wildman–Crippen LogP) is 4.43. The first kappa shape index (κ1) is 22.7. The Kier molecular flexibility index (Phi) is 6.57. The average molecular weight is 527 g/mol. The normalized spacial score (nSPS) is 10.8. The van der Waals surface area contributed by atoms with E-state index in [0.29, 0.717) is 37.8 Å². The number of benzene rings is 2. The number of aryl methyl sites for hydroxylation is 1. The van der Waals surface area contributed by atoms with Crippen molar-refractivity contribution in [3.8, 4) is 5.75 Å². The lowest BCUT2D eigenvalue weighted by molar-refractivity contribution is -0.116. The number of aromatic nitrogens is 2. The molecule has 0 aliphatic carbocycles. The number of amides is 2. The molecule has 2 N–H and O–H groups in total. The number of ether oxygens (including phenoxy) is 1. The molecule has 8 nitrogen and oxygen atoms in total. The molecule has 0 unspecified atom stereocenters. The Hall–Kier alpha value is -3.50. The molecule has 2 amide bonds. The molecule has 168 valence electrons. The van der Waals surface area contributed by atoms with Gasteiger partial charge in [-0.05, 0) is 48.9 Å². The van der Waals surface area contributed by atoms with Gasteiger partial charge in [0, 0.05) is 10.2 Å². The summed E-state index contributed by atoms with van der Waals surface area (Å²) in [6.07, 6.45) is 1.32. The summed E-state index contributed by atoms with van der Waals surface area (Å²) in [5.41, 5.74) is 1.28. The Morgan fingerprint density at radius 2 is 1.85 bits per heavy atom. The summed E-state index contributed by atoms with van der Waals surface area (Å²) in [4.78, 5) is 43.5. The first-order valence-electron chi connectivity index (χ1n) is 9.85. The van der Waals surface area contributed by atoms with Crippen LogP contribution in [0.25, 0.3) is 10.2 Å². The summed E-state index contributed by atoms with van der Waals surface area (Å²) in [5, 5.41) is 5.89. The highest BCUT2D eigenvalue weighted by Gasteiger charge is 2.21. The fraction of sp³-hybridized carbons (Fsp3) is 0.130. The molecular weight excluding hydrogens is 508 g/mol. The summed E-state index contributed by atoms with van der Waals surface area (Å²) in [7, 11) is 1.52. The molecule has 33 heavy (non-hydrogen) atoms. The Labute approximate surface area is 201 Å². The van der Waals surface area contributed by atoms with Gasteiger partial charge in [-0.1, -0.05) is 28.1 Å². The molecule has 2 aromatic heterocycles. The number of hydrogen-bond donors (Lipinski definition) is 2. The van der Waals surface area contributed by atoms with Gasteiger partial charge in [-0.3, -0.25) is 19.0 Å². The van der Waals surface area contributed by atoms with Crippen LogP contribution in [0.5, 0.6) is 5.75 Å². The van der Waals surface area contributed by atoms with Crippen molar-refractivity contribution in [1.82, 2.24) is 9.55 Å². The van der Waals surface area contributed by atoms with Crippen molar-refractivity contribution < 1.29 is 14.3 Å². The molecule has 4 aromatic rings. The minimum absolute atomic E-state index is 0.199. The summed E-state index contributed by atoms with van der Waals surface area (Å²) in [6, 6.07) is 14.2. The topological polar surface area (TPSA) is 102 Å². The molecule has 0 saturated heterocycles. The zero-order valence-corrected chi connectivity index (χ0v) is 20.1. The van der Waals surface area contributed by atoms with Crippen LogP contribution in [-0.2, 0) is 11.3 Å². The molecule has 2 heterocycles. The van der Waals surface area contributed by atoms with E-state index in [9.17, 15) is 14.4 Å². The quantitative estimate of drug-likeness (QED) is 0.387. The fourth-order valence-corrected chi connectivity index (χ4v) is 4.60. The van der Waals surface area contributed by atoms with E-state index in [1.165, 1.54) is 18.0 Å². The second-order valence-electron chi connectivity index (χ2n) is 7.12. The molecule has 0 fully saturated rings. The third kappa shape index (κ3) is 4.81. The Morgan fingerprint density at radius 3 is 2.58 bits per heavy atom. The zero-order valence-electron chi connectivity index (χ0n) is 17.7. The van der Waals surface area contributed by atoms with E-state index in [1.54, 1.807) is 43.3 Å².